The van der Waals surface area contributed by atoms with Gasteiger partial charge in [-0.1, -0.05) is 50.1 Å². The van der Waals surface area contributed by atoms with Crippen LogP contribution >= 0.6 is 8.15 Å². The van der Waals surface area contributed by atoms with Gasteiger partial charge in [0, 0.05) is 27.3 Å². The summed E-state index contributed by atoms with van der Waals surface area (Å²) in [6, 6.07) is 8.39. The average molecular weight is 436 g/mol. The SMILES string of the molecule is CCCC[C@H](NC(=O)[C@@H]1CCCN1C(=O)CCP(O)CCc1ccccc1)C(=O)O. The van der Waals surface area contributed by atoms with Crippen LogP contribution in [0.2, 0.25) is 0 Å². The summed E-state index contributed by atoms with van der Waals surface area (Å²) in [5.74, 6) is -1.58. The highest BCUT2D eigenvalue weighted by molar-refractivity contribution is 7.51. The third-order valence-electron chi connectivity index (χ3n) is 5.42. The standard InChI is InChI=1S/C22H33N2O5P/c1-2-3-10-18(22(27)28)23-21(26)19-11-7-14-24(19)20(25)13-16-30(29)15-12-17-8-5-4-6-9-17/h4-6,8-9,18-19,29H,2-3,7,10-16H2,1H3,(H,23,26)(H,27,28)/t18-,19-,30?/m0/s1. The molecular formula is C22H33N2O5P. The molecule has 2 rings (SSSR count). The minimum absolute atomic E-state index is 0.144. The zero-order chi connectivity index (χ0) is 21.9. The Balaban J connectivity index is 1.81. The van der Waals surface area contributed by atoms with Crippen molar-refractivity contribution in [3.05, 3.63) is 35.9 Å². The fraction of sp³-hybridized carbons (Fsp3) is 0.591. The fourth-order valence-corrected chi connectivity index (χ4v) is 4.84. The van der Waals surface area contributed by atoms with Crippen LogP contribution in [0.15, 0.2) is 30.3 Å². The Morgan fingerprint density at radius 1 is 1.23 bits per heavy atom. The third-order valence-corrected chi connectivity index (χ3v) is 6.90. The number of likely N-dealkylation sites (tertiary alicyclic amines) is 1. The number of unbranched alkanes of at least 4 members (excludes halogenated alkanes) is 1. The molecule has 8 heteroatoms. The van der Waals surface area contributed by atoms with Crippen LogP contribution in [0.4, 0.5) is 0 Å². The molecule has 0 aromatic heterocycles. The number of hydrogen-bond donors (Lipinski definition) is 3. The second-order valence-corrected chi connectivity index (χ2v) is 9.63. The molecule has 1 aliphatic heterocycles. The van der Waals surface area contributed by atoms with E-state index in [1.807, 2.05) is 37.3 Å². The van der Waals surface area contributed by atoms with Crippen LogP contribution in [0, 0.1) is 0 Å². The summed E-state index contributed by atoms with van der Waals surface area (Å²) in [6.07, 6.45) is 5.26. The van der Waals surface area contributed by atoms with Crippen molar-refractivity contribution in [3.63, 3.8) is 0 Å². The van der Waals surface area contributed by atoms with Crippen molar-refractivity contribution in [1.29, 1.82) is 0 Å². The molecule has 3 N–H and O–H groups in total. The molecule has 0 spiro atoms. The molecule has 30 heavy (non-hydrogen) atoms. The van der Waals surface area contributed by atoms with Crippen LogP contribution in [-0.4, -0.2) is 63.6 Å². The van der Waals surface area contributed by atoms with E-state index in [0.29, 0.717) is 38.1 Å². The monoisotopic (exact) mass is 436 g/mol. The molecule has 1 fully saturated rings. The van der Waals surface area contributed by atoms with Crippen LogP contribution in [0.3, 0.4) is 0 Å². The maximum Gasteiger partial charge on any atom is 0.326 e. The lowest BCUT2D eigenvalue weighted by atomic mass is 10.1. The Bertz CT molecular complexity index is 700. The highest BCUT2D eigenvalue weighted by Gasteiger charge is 2.35. The van der Waals surface area contributed by atoms with Crippen molar-refractivity contribution >= 4 is 25.9 Å². The van der Waals surface area contributed by atoms with Crippen molar-refractivity contribution in [3.8, 4) is 0 Å². The quantitative estimate of drug-likeness (QED) is 0.437. The molecule has 3 atom stereocenters. The number of nitrogens with zero attached hydrogens (tertiary/aromatic N) is 1. The van der Waals surface area contributed by atoms with Crippen LogP contribution < -0.4 is 5.32 Å². The number of rotatable bonds is 12. The fourth-order valence-electron chi connectivity index (χ4n) is 3.65. The maximum atomic E-state index is 12.7. The largest absolute Gasteiger partial charge is 0.480 e. The predicted molar refractivity (Wildman–Crippen MR) is 117 cm³/mol. The average Bonchev–Trinajstić information content (AvgIpc) is 3.24. The van der Waals surface area contributed by atoms with Crippen molar-refractivity contribution < 1.29 is 24.4 Å². The Morgan fingerprint density at radius 3 is 2.63 bits per heavy atom. The van der Waals surface area contributed by atoms with E-state index < -0.39 is 26.2 Å². The first-order chi connectivity index (χ1) is 14.4. The Hall–Kier alpha value is -1.98. The van der Waals surface area contributed by atoms with E-state index in [0.717, 1.165) is 24.8 Å². The van der Waals surface area contributed by atoms with Gasteiger partial charge in [0.1, 0.15) is 12.1 Å². The van der Waals surface area contributed by atoms with Gasteiger partial charge >= 0.3 is 5.97 Å². The van der Waals surface area contributed by atoms with Crippen molar-refractivity contribution in [2.75, 3.05) is 18.9 Å². The summed E-state index contributed by atoms with van der Waals surface area (Å²) in [7, 11) is -1.24. The second-order valence-electron chi connectivity index (χ2n) is 7.73. The highest BCUT2D eigenvalue weighted by Crippen LogP contribution is 2.32. The van der Waals surface area contributed by atoms with Gasteiger partial charge in [-0.15, -0.1) is 0 Å². The molecule has 1 unspecified atom stereocenters. The summed E-state index contributed by atoms with van der Waals surface area (Å²) in [5.41, 5.74) is 1.16. The topological polar surface area (TPSA) is 107 Å². The molecule has 1 aromatic carbocycles. The number of aliphatic carboxylic acids is 1. The van der Waals surface area contributed by atoms with Gasteiger partial charge in [0.05, 0.1) is 0 Å². The molecule has 166 valence electrons. The highest BCUT2D eigenvalue weighted by atomic mass is 31.1. The number of carboxylic acids is 1. The Morgan fingerprint density at radius 2 is 1.97 bits per heavy atom. The number of benzene rings is 1. The van der Waals surface area contributed by atoms with Crippen LogP contribution in [0.5, 0.6) is 0 Å². The lowest BCUT2D eigenvalue weighted by Crippen LogP contribution is -2.50. The van der Waals surface area contributed by atoms with Gasteiger partial charge in [-0.2, -0.15) is 0 Å². The van der Waals surface area contributed by atoms with Crippen LogP contribution in [0.1, 0.15) is 51.0 Å². The first kappa shape index (κ1) is 24.3. The number of carbonyl (C=O) groups excluding carboxylic acids is 2. The zero-order valence-electron chi connectivity index (χ0n) is 17.6. The molecule has 1 aliphatic rings. The Kier molecular flexibility index (Phi) is 10.2. The lowest BCUT2D eigenvalue weighted by Gasteiger charge is -2.26. The smallest absolute Gasteiger partial charge is 0.326 e. The molecule has 0 aliphatic carbocycles. The minimum Gasteiger partial charge on any atom is -0.480 e. The molecule has 0 saturated carbocycles. The van der Waals surface area contributed by atoms with Crippen molar-refractivity contribution in [2.45, 2.75) is 64.0 Å². The van der Waals surface area contributed by atoms with E-state index in [2.05, 4.69) is 5.32 Å². The summed E-state index contributed by atoms with van der Waals surface area (Å²) in [5, 5.41) is 11.9. The van der Waals surface area contributed by atoms with Gasteiger partial charge in [-0.05, 0) is 37.4 Å². The zero-order valence-corrected chi connectivity index (χ0v) is 18.5. The van der Waals surface area contributed by atoms with E-state index in [9.17, 15) is 24.4 Å². The van der Waals surface area contributed by atoms with E-state index in [1.54, 1.807) is 4.90 Å². The third kappa shape index (κ3) is 7.69. The van der Waals surface area contributed by atoms with Gasteiger partial charge in [0.2, 0.25) is 11.8 Å². The number of carboxylic acid groups (broad SMARTS) is 1. The van der Waals surface area contributed by atoms with E-state index in [1.165, 1.54) is 0 Å². The summed E-state index contributed by atoms with van der Waals surface area (Å²) < 4.78 is 0. The molecule has 1 heterocycles. The van der Waals surface area contributed by atoms with E-state index in [-0.39, 0.29) is 18.2 Å². The number of hydrogen-bond acceptors (Lipinski definition) is 4. The van der Waals surface area contributed by atoms with Gasteiger partial charge < -0.3 is 20.2 Å². The molecule has 2 amide bonds. The number of nitrogens with one attached hydrogen (secondary N) is 1. The summed E-state index contributed by atoms with van der Waals surface area (Å²) in [4.78, 5) is 48.5. The first-order valence-electron chi connectivity index (χ1n) is 10.7. The molecule has 0 bridgehead atoms. The molecule has 1 aromatic rings. The number of carbonyl (C=O) groups is 3. The molecule has 7 nitrogen and oxygen atoms in total. The summed E-state index contributed by atoms with van der Waals surface area (Å²) in [6.45, 7) is 2.46. The molecule has 1 saturated heterocycles. The minimum atomic E-state index is -1.24. The second kappa shape index (κ2) is 12.7. The van der Waals surface area contributed by atoms with Gasteiger partial charge in [-0.3, -0.25) is 9.59 Å². The normalized spacial score (nSPS) is 18.1. The first-order valence-corrected chi connectivity index (χ1v) is 12.4. The predicted octanol–water partition coefficient (Wildman–Crippen LogP) is 2.76. The number of aryl methyl sites for hydroxylation is 1. The maximum absolute atomic E-state index is 12.7. The molecular weight excluding hydrogens is 403 g/mol. The van der Waals surface area contributed by atoms with Crippen LogP contribution in [-0.2, 0) is 20.8 Å². The van der Waals surface area contributed by atoms with E-state index in [4.69, 9.17) is 0 Å². The van der Waals surface area contributed by atoms with E-state index >= 15 is 0 Å². The van der Waals surface area contributed by atoms with Crippen molar-refractivity contribution in [2.24, 2.45) is 0 Å². The van der Waals surface area contributed by atoms with Gasteiger partial charge in [-0.25, -0.2) is 4.79 Å². The van der Waals surface area contributed by atoms with Crippen LogP contribution in [0.25, 0.3) is 0 Å². The number of amides is 2. The summed E-state index contributed by atoms with van der Waals surface area (Å²) >= 11 is 0. The Labute approximate surface area is 179 Å². The molecule has 0 radical (unpaired) electrons. The lowest BCUT2D eigenvalue weighted by molar-refractivity contribution is -0.144. The van der Waals surface area contributed by atoms with Gasteiger partial charge in [0.25, 0.3) is 0 Å². The van der Waals surface area contributed by atoms with Crippen molar-refractivity contribution in [1.82, 2.24) is 10.2 Å². The van der Waals surface area contributed by atoms with Gasteiger partial charge in [0.15, 0.2) is 0 Å².